The average Bonchev–Trinajstić information content (AvgIpc) is 2.47. The number of nitrogens with one attached hydrogen (secondary N) is 1. The van der Waals surface area contributed by atoms with Crippen molar-refractivity contribution < 1.29 is 0 Å². The van der Waals surface area contributed by atoms with E-state index in [1.807, 2.05) is 12.1 Å². The Kier molecular flexibility index (Phi) is 1.63. The van der Waals surface area contributed by atoms with E-state index in [1.165, 1.54) is 11.1 Å². The number of hydrogen-bond acceptors (Lipinski definition) is 2. The Bertz CT molecular complexity index is 307. The van der Waals surface area contributed by atoms with E-state index in [4.69, 9.17) is 0 Å². The van der Waals surface area contributed by atoms with Gasteiger partial charge in [-0.25, -0.2) is 0 Å². The number of amidine groups is 1. The number of rotatable bonds is 0. The molecule has 1 heterocycles. The number of nitrogens with zero attached hydrogens (tertiary/aromatic N) is 1. The molecular formula is C8H9N2P. The largest absolute Gasteiger partial charge is 0.354 e. The molecule has 0 aliphatic carbocycles. The Balaban J connectivity index is 2.48. The second kappa shape index (κ2) is 2.63. The lowest BCUT2D eigenvalue weighted by molar-refractivity contribution is 1.10. The van der Waals surface area contributed by atoms with E-state index in [9.17, 15) is 0 Å². The van der Waals surface area contributed by atoms with Gasteiger partial charge < -0.3 is 5.09 Å². The molecule has 0 amide bonds. The van der Waals surface area contributed by atoms with Crippen LogP contribution in [0.3, 0.4) is 0 Å². The fourth-order valence-corrected chi connectivity index (χ4v) is 1.51. The van der Waals surface area contributed by atoms with Crippen LogP contribution in [0.5, 0.6) is 0 Å². The molecule has 0 fully saturated rings. The van der Waals surface area contributed by atoms with Crippen molar-refractivity contribution in [2.24, 2.45) is 4.99 Å². The predicted octanol–water partition coefficient (Wildman–Crippen LogP) is 1.33. The van der Waals surface area contributed by atoms with E-state index >= 15 is 0 Å². The normalized spacial score (nSPS) is 14.1. The van der Waals surface area contributed by atoms with Crippen LogP contribution in [0.25, 0.3) is 0 Å². The minimum atomic E-state index is 0.812. The lowest BCUT2D eigenvalue weighted by atomic mass is 10.1. The van der Waals surface area contributed by atoms with Crippen molar-refractivity contribution in [2.75, 3.05) is 0 Å². The Hall–Kier alpha value is -0.880. The zero-order valence-corrected chi connectivity index (χ0v) is 7.20. The summed E-state index contributed by atoms with van der Waals surface area (Å²) in [6, 6.07) is 8.26. The van der Waals surface area contributed by atoms with Crippen LogP contribution in [-0.4, -0.2) is 5.84 Å². The molecule has 0 aromatic heterocycles. The van der Waals surface area contributed by atoms with Gasteiger partial charge in [0.2, 0.25) is 0 Å². The molecule has 0 radical (unpaired) electrons. The van der Waals surface area contributed by atoms with Gasteiger partial charge in [-0.1, -0.05) is 24.3 Å². The van der Waals surface area contributed by atoms with Gasteiger partial charge in [0.1, 0.15) is 5.84 Å². The molecule has 0 saturated carbocycles. The van der Waals surface area contributed by atoms with Gasteiger partial charge in [0, 0.05) is 5.56 Å². The smallest absolute Gasteiger partial charge is 0.131 e. The van der Waals surface area contributed by atoms with Crippen molar-refractivity contribution in [1.29, 1.82) is 0 Å². The van der Waals surface area contributed by atoms with Gasteiger partial charge in [0.15, 0.2) is 0 Å². The molecule has 1 atom stereocenters. The van der Waals surface area contributed by atoms with Gasteiger partial charge >= 0.3 is 0 Å². The molecule has 2 rings (SSSR count). The SMILES string of the molecule is PNC1=NCc2ccccc21. The summed E-state index contributed by atoms with van der Waals surface area (Å²) in [5.41, 5.74) is 2.53. The first-order chi connectivity index (χ1) is 5.42. The Morgan fingerprint density at radius 3 is 3.00 bits per heavy atom. The van der Waals surface area contributed by atoms with Gasteiger partial charge in [-0.15, -0.1) is 0 Å². The summed E-state index contributed by atoms with van der Waals surface area (Å²) in [4.78, 5) is 4.31. The molecule has 1 aromatic carbocycles. The fourth-order valence-electron chi connectivity index (χ4n) is 1.26. The summed E-state index contributed by atoms with van der Waals surface area (Å²) in [6.45, 7) is 0.812. The minimum absolute atomic E-state index is 0.812. The fraction of sp³-hybridized carbons (Fsp3) is 0.125. The molecule has 0 spiro atoms. The molecule has 0 bridgehead atoms. The van der Waals surface area contributed by atoms with Gasteiger partial charge in [-0.2, -0.15) is 0 Å². The van der Waals surface area contributed by atoms with Crippen LogP contribution < -0.4 is 5.09 Å². The first-order valence-electron chi connectivity index (χ1n) is 3.51. The van der Waals surface area contributed by atoms with Gasteiger partial charge in [0.05, 0.1) is 6.54 Å². The summed E-state index contributed by atoms with van der Waals surface area (Å²) in [6.07, 6.45) is 0. The minimum Gasteiger partial charge on any atom is -0.354 e. The third-order valence-electron chi connectivity index (χ3n) is 1.82. The highest BCUT2D eigenvalue weighted by Gasteiger charge is 2.12. The topological polar surface area (TPSA) is 24.4 Å². The van der Waals surface area contributed by atoms with Crippen LogP contribution in [-0.2, 0) is 6.54 Å². The Labute approximate surface area is 68.0 Å². The van der Waals surface area contributed by atoms with E-state index < -0.39 is 0 Å². The summed E-state index contributed by atoms with van der Waals surface area (Å²) in [7, 11) is 2.46. The summed E-state index contributed by atoms with van der Waals surface area (Å²) in [5, 5.41) is 2.99. The zero-order chi connectivity index (χ0) is 7.68. The number of benzene rings is 1. The first-order valence-corrected chi connectivity index (χ1v) is 4.09. The van der Waals surface area contributed by atoms with Crippen molar-refractivity contribution in [3.05, 3.63) is 35.4 Å². The third-order valence-corrected chi connectivity index (χ3v) is 2.09. The van der Waals surface area contributed by atoms with Crippen molar-refractivity contribution in [3.8, 4) is 0 Å². The second-order valence-electron chi connectivity index (χ2n) is 2.47. The molecule has 1 aliphatic heterocycles. The van der Waals surface area contributed by atoms with Gasteiger partial charge in [-0.3, -0.25) is 4.99 Å². The van der Waals surface area contributed by atoms with Gasteiger partial charge in [0.25, 0.3) is 0 Å². The molecule has 1 aliphatic rings. The van der Waals surface area contributed by atoms with Crippen molar-refractivity contribution >= 4 is 15.2 Å². The van der Waals surface area contributed by atoms with Gasteiger partial charge in [-0.05, 0) is 15.0 Å². The average molecular weight is 164 g/mol. The maximum atomic E-state index is 4.31. The van der Waals surface area contributed by atoms with Crippen molar-refractivity contribution in [2.45, 2.75) is 6.54 Å². The first kappa shape index (κ1) is 6.81. The van der Waals surface area contributed by atoms with E-state index in [-0.39, 0.29) is 0 Å². The lowest BCUT2D eigenvalue weighted by Crippen LogP contribution is -2.10. The zero-order valence-electron chi connectivity index (χ0n) is 6.04. The van der Waals surface area contributed by atoms with Crippen molar-refractivity contribution in [3.63, 3.8) is 0 Å². The quantitative estimate of drug-likeness (QED) is 0.575. The molecule has 1 aromatic rings. The highest BCUT2D eigenvalue weighted by atomic mass is 31.0. The van der Waals surface area contributed by atoms with E-state index in [0.29, 0.717) is 0 Å². The maximum absolute atomic E-state index is 4.31. The molecule has 2 nitrogen and oxygen atoms in total. The molecule has 11 heavy (non-hydrogen) atoms. The lowest BCUT2D eigenvalue weighted by Gasteiger charge is -1.99. The second-order valence-corrected chi connectivity index (χ2v) is 2.75. The highest BCUT2D eigenvalue weighted by molar-refractivity contribution is 7.15. The van der Waals surface area contributed by atoms with Crippen molar-refractivity contribution in [1.82, 2.24) is 5.09 Å². The van der Waals surface area contributed by atoms with Crippen LogP contribution in [0.2, 0.25) is 0 Å². The summed E-state index contributed by atoms with van der Waals surface area (Å²) >= 11 is 0. The van der Waals surface area contributed by atoms with Crippen LogP contribution in [0.4, 0.5) is 0 Å². The third kappa shape index (κ3) is 1.04. The number of fused-ring (bicyclic) bond motifs is 1. The monoisotopic (exact) mass is 164 g/mol. The van der Waals surface area contributed by atoms with E-state index in [2.05, 4.69) is 31.6 Å². The Morgan fingerprint density at radius 2 is 2.18 bits per heavy atom. The number of hydrogen-bond donors (Lipinski definition) is 1. The molecule has 3 heteroatoms. The van der Waals surface area contributed by atoms with Crippen LogP contribution in [0.15, 0.2) is 29.3 Å². The van der Waals surface area contributed by atoms with Crippen LogP contribution >= 0.6 is 9.39 Å². The Morgan fingerprint density at radius 1 is 1.36 bits per heavy atom. The molecule has 0 saturated heterocycles. The number of aliphatic imine (C=N–C) groups is 1. The van der Waals surface area contributed by atoms with Crippen LogP contribution in [0.1, 0.15) is 11.1 Å². The molecule has 56 valence electrons. The summed E-state index contributed by atoms with van der Waals surface area (Å²) < 4.78 is 0. The van der Waals surface area contributed by atoms with E-state index in [0.717, 1.165) is 12.4 Å². The molecule has 1 unspecified atom stereocenters. The maximum Gasteiger partial charge on any atom is 0.131 e. The molecular weight excluding hydrogens is 155 g/mol. The predicted molar refractivity (Wildman–Crippen MR) is 49.5 cm³/mol. The molecule has 1 N–H and O–H groups in total. The highest BCUT2D eigenvalue weighted by Crippen LogP contribution is 2.16. The summed E-state index contributed by atoms with van der Waals surface area (Å²) in [5.74, 6) is 0.977. The van der Waals surface area contributed by atoms with E-state index in [1.54, 1.807) is 0 Å². The van der Waals surface area contributed by atoms with Crippen LogP contribution in [0, 0.1) is 0 Å². The standard InChI is InChI=1S/C8H9N2P/c11-10-8-7-4-2-1-3-6(7)5-9-8/h1-4H,5,11H2,(H,9,10).